The molecule has 4 aromatic rings. The summed E-state index contributed by atoms with van der Waals surface area (Å²) in [5.74, 6) is 0.921. The molecule has 0 saturated carbocycles. The number of carbonyl (C=O) groups is 1. The van der Waals surface area contributed by atoms with Crippen LogP contribution in [0.4, 0.5) is 5.82 Å². The lowest BCUT2D eigenvalue weighted by atomic mass is 9.96. The highest BCUT2D eigenvalue weighted by atomic mass is 35.5. The quantitative estimate of drug-likeness (QED) is 0.304. The Labute approximate surface area is 217 Å². The Kier molecular flexibility index (Phi) is 7.58. The van der Waals surface area contributed by atoms with Crippen LogP contribution < -0.4 is 4.90 Å². The van der Waals surface area contributed by atoms with Gasteiger partial charge in [-0.3, -0.25) is 4.79 Å². The number of halogens is 1. The molecule has 2 heterocycles. The molecule has 1 aliphatic heterocycles. The van der Waals surface area contributed by atoms with E-state index in [1.165, 1.54) is 0 Å². The van der Waals surface area contributed by atoms with E-state index in [2.05, 4.69) is 39.4 Å². The first-order valence-electron chi connectivity index (χ1n) is 12.4. The minimum absolute atomic E-state index is 0.0797. The van der Waals surface area contributed by atoms with Crippen molar-refractivity contribution in [2.75, 3.05) is 18.0 Å². The number of benzene rings is 3. The van der Waals surface area contributed by atoms with Crippen LogP contribution in [0.3, 0.4) is 0 Å². The summed E-state index contributed by atoms with van der Waals surface area (Å²) < 4.78 is 0. The van der Waals surface area contributed by atoms with Gasteiger partial charge in [0.1, 0.15) is 0 Å². The maximum absolute atomic E-state index is 13.8. The second-order valence-corrected chi connectivity index (χ2v) is 9.67. The second-order valence-electron chi connectivity index (χ2n) is 9.23. The van der Waals surface area contributed by atoms with E-state index in [1.54, 1.807) is 0 Å². The van der Waals surface area contributed by atoms with Crippen molar-refractivity contribution in [2.24, 2.45) is 5.92 Å². The SMILES string of the molecule is O=C(C1CCCN(c2ccc(-c3ccc(Cl)cc3)nn2)C1)N(Cc1ccccc1)Cc1ccccc1. The van der Waals surface area contributed by atoms with Gasteiger partial charge in [-0.1, -0.05) is 84.4 Å². The van der Waals surface area contributed by atoms with E-state index in [-0.39, 0.29) is 11.8 Å². The Balaban J connectivity index is 1.30. The molecule has 0 radical (unpaired) electrons. The number of anilines is 1. The molecular formula is C30H29ClN4O. The summed E-state index contributed by atoms with van der Waals surface area (Å²) in [6.45, 7) is 2.71. The third kappa shape index (κ3) is 5.92. The van der Waals surface area contributed by atoms with Crippen LogP contribution in [0.5, 0.6) is 0 Å². The van der Waals surface area contributed by atoms with Crippen LogP contribution in [0.15, 0.2) is 97.1 Å². The highest BCUT2D eigenvalue weighted by Crippen LogP contribution is 2.26. The predicted octanol–water partition coefficient (Wildman–Crippen LogP) is 6.24. The lowest BCUT2D eigenvalue weighted by molar-refractivity contribution is -0.137. The van der Waals surface area contributed by atoms with Gasteiger partial charge in [-0.05, 0) is 48.2 Å². The van der Waals surface area contributed by atoms with E-state index >= 15 is 0 Å². The fourth-order valence-electron chi connectivity index (χ4n) is 4.73. The molecular weight excluding hydrogens is 468 g/mol. The van der Waals surface area contributed by atoms with Crippen molar-refractivity contribution < 1.29 is 4.79 Å². The van der Waals surface area contributed by atoms with Gasteiger partial charge in [0.15, 0.2) is 5.82 Å². The minimum atomic E-state index is -0.0797. The standard InChI is InChI=1S/C30H29ClN4O/c31-27-15-13-25(14-16-27)28-17-18-29(33-32-28)34-19-7-12-26(22-34)30(36)35(20-23-8-3-1-4-9-23)21-24-10-5-2-6-11-24/h1-6,8-11,13-18,26H,7,12,19-22H2. The highest BCUT2D eigenvalue weighted by Gasteiger charge is 2.30. The Morgan fingerprint density at radius 2 is 1.47 bits per heavy atom. The molecule has 5 rings (SSSR count). The van der Waals surface area contributed by atoms with Crippen LogP contribution in [0.25, 0.3) is 11.3 Å². The first kappa shape index (κ1) is 24.0. The van der Waals surface area contributed by atoms with Gasteiger partial charge >= 0.3 is 0 Å². The van der Waals surface area contributed by atoms with Crippen molar-refractivity contribution in [2.45, 2.75) is 25.9 Å². The first-order valence-corrected chi connectivity index (χ1v) is 12.7. The average molecular weight is 497 g/mol. The largest absolute Gasteiger partial charge is 0.354 e. The summed E-state index contributed by atoms with van der Waals surface area (Å²) in [4.78, 5) is 18.0. The summed E-state index contributed by atoms with van der Waals surface area (Å²) in [6.07, 6.45) is 1.83. The van der Waals surface area contributed by atoms with E-state index in [4.69, 9.17) is 11.6 Å². The third-order valence-electron chi connectivity index (χ3n) is 6.63. The molecule has 6 heteroatoms. The van der Waals surface area contributed by atoms with Crippen molar-refractivity contribution in [3.8, 4) is 11.3 Å². The summed E-state index contributed by atoms with van der Waals surface area (Å²) in [5.41, 5.74) is 4.05. The molecule has 0 N–H and O–H groups in total. The van der Waals surface area contributed by atoms with Gasteiger partial charge in [0.2, 0.25) is 5.91 Å². The number of piperidine rings is 1. The fourth-order valence-corrected chi connectivity index (χ4v) is 4.86. The topological polar surface area (TPSA) is 49.3 Å². The summed E-state index contributed by atoms with van der Waals surface area (Å²) >= 11 is 6.00. The van der Waals surface area contributed by atoms with Crippen LogP contribution in [0, 0.1) is 5.92 Å². The molecule has 1 aliphatic rings. The molecule has 1 saturated heterocycles. The molecule has 1 unspecified atom stereocenters. The van der Waals surface area contributed by atoms with Crippen molar-refractivity contribution in [3.63, 3.8) is 0 Å². The number of carbonyl (C=O) groups excluding carboxylic acids is 1. The smallest absolute Gasteiger partial charge is 0.228 e. The zero-order valence-electron chi connectivity index (χ0n) is 20.1. The average Bonchev–Trinajstić information content (AvgIpc) is 2.94. The Morgan fingerprint density at radius 1 is 0.833 bits per heavy atom. The molecule has 0 aliphatic carbocycles. The Hall–Kier alpha value is -3.70. The summed E-state index contributed by atoms with van der Waals surface area (Å²) in [6, 6.07) is 32.0. The van der Waals surface area contributed by atoms with Gasteiger partial charge in [0, 0.05) is 36.8 Å². The minimum Gasteiger partial charge on any atom is -0.354 e. The van der Waals surface area contributed by atoms with Crippen LogP contribution in [0.1, 0.15) is 24.0 Å². The fraction of sp³-hybridized carbons (Fsp3) is 0.233. The van der Waals surface area contributed by atoms with Gasteiger partial charge in [-0.25, -0.2) is 0 Å². The number of rotatable bonds is 7. The van der Waals surface area contributed by atoms with Crippen molar-refractivity contribution in [3.05, 3.63) is 113 Å². The zero-order valence-corrected chi connectivity index (χ0v) is 20.9. The van der Waals surface area contributed by atoms with Crippen molar-refractivity contribution >= 4 is 23.3 Å². The monoisotopic (exact) mass is 496 g/mol. The summed E-state index contributed by atoms with van der Waals surface area (Å²) in [7, 11) is 0. The normalized spacial score (nSPS) is 15.5. The Morgan fingerprint density at radius 3 is 2.06 bits per heavy atom. The molecule has 1 atom stereocenters. The predicted molar refractivity (Wildman–Crippen MR) is 145 cm³/mol. The highest BCUT2D eigenvalue weighted by molar-refractivity contribution is 6.30. The van der Waals surface area contributed by atoms with E-state index < -0.39 is 0 Å². The molecule has 3 aromatic carbocycles. The Bertz CT molecular complexity index is 1220. The summed E-state index contributed by atoms with van der Waals surface area (Å²) in [5, 5.41) is 9.63. The molecule has 182 valence electrons. The van der Waals surface area contributed by atoms with Gasteiger partial charge in [0.05, 0.1) is 11.6 Å². The van der Waals surface area contributed by atoms with Crippen LogP contribution >= 0.6 is 11.6 Å². The molecule has 1 fully saturated rings. The maximum Gasteiger partial charge on any atom is 0.228 e. The molecule has 5 nitrogen and oxygen atoms in total. The van der Waals surface area contributed by atoms with Crippen LogP contribution in [0.2, 0.25) is 5.02 Å². The van der Waals surface area contributed by atoms with E-state index in [1.807, 2.05) is 77.7 Å². The third-order valence-corrected chi connectivity index (χ3v) is 6.88. The van der Waals surface area contributed by atoms with E-state index in [9.17, 15) is 4.79 Å². The lowest BCUT2D eigenvalue weighted by Crippen LogP contribution is -2.44. The number of hydrogen-bond donors (Lipinski definition) is 0. The van der Waals surface area contributed by atoms with E-state index in [0.717, 1.165) is 47.6 Å². The molecule has 36 heavy (non-hydrogen) atoms. The molecule has 1 aromatic heterocycles. The number of hydrogen-bond acceptors (Lipinski definition) is 4. The number of nitrogens with zero attached hydrogens (tertiary/aromatic N) is 4. The second kappa shape index (κ2) is 11.4. The van der Waals surface area contributed by atoms with Gasteiger partial charge in [0.25, 0.3) is 0 Å². The first-order chi connectivity index (χ1) is 17.7. The lowest BCUT2D eigenvalue weighted by Gasteiger charge is -2.35. The van der Waals surface area contributed by atoms with Gasteiger partial charge in [-0.15, -0.1) is 10.2 Å². The van der Waals surface area contributed by atoms with Crippen molar-refractivity contribution in [1.29, 1.82) is 0 Å². The van der Waals surface area contributed by atoms with Crippen LogP contribution in [-0.2, 0) is 17.9 Å². The maximum atomic E-state index is 13.8. The molecule has 1 amide bonds. The van der Waals surface area contributed by atoms with Gasteiger partial charge in [-0.2, -0.15) is 0 Å². The number of amides is 1. The van der Waals surface area contributed by atoms with Gasteiger partial charge < -0.3 is 9.80 Å². The van der Waals surface area contributed by atoms with Crippen molar-refractivity contribution in [1.82, 2.24) is 15.1 Å². The molecule has 0 bridgehead atoms. The number of aromatic nitrogens is 2. The zero-order chi connectivity index (χ0) is 24.7. The van der Waals surface area contributed by atoms with Crippen LogP contribution in [-0.4, -0.2) is 34.1 Å². The van der Waals surface area contributed by atoms with E-state index in [0.29, 0.717) is 24.7 Å². The molecule has 0 spiro atoms.